The summed E-state index contributed by atoms with van der Waals surface area (Å²) in [6.07, 6.45) is 3.59. The average Bonchev–Trinajstić information content (AvgIpc) is 2.34. The number of nitrogens with one attached hydrogen (secondary N) is 2. The molecule has 1 aliphatic rings. The van der Waals surface area contributed by atoms with Crippen molar-refractivity contribution in [2.24, 2.45) is 0 Å². The molecule has 1 saturated heterocycles. The van der Waals surface area contributed by atoms with Crippen LogP contribution >= 0.6 is 0 Å². The standard InChI is InChI=1S/C6H14N2O/c9-8-5-3-6-2-1-4-7-6/h6-9H,1-5H2. The molecule has 1 unspecified atom stereocenters. The van der Waals surface area contributed by atoms with Gasteiger partial charge in [-0.2, -0.15) is 0 Å². The SMILES string of the molecule is ONCCC1CCCN1. The number of hydroxylamine groups is 1. The van der Waals surface area contributed by atoms with Gasteiger partial charge in [0.05, 0.1) is 0 Å². The molecular formula is C6H14N2O. The molecule has 9 heavy (non-hydrogen) atoms. The second-order valence-electron chi connectivity index (χ2n) is 2.49. The van der Waals surface area contributed by atoms with Crippen molar-refractivity contribution in [1.82, 2.24) is 10.8 Å². The van der Waals surface area contributed by atoms with Crippen molar-refractivity contribution in [2.45, 2.75) is 25.3 Å². The molecule has 0 spiro atoms. The molecule has 0 amide bonds. The third kappa shape index (κ3) is 2.30. The predicted molar refractivity (Wildman–Crippen MR) is 35.4 cm³/mol. The van der Waals surface area contributed by atoms with Crippen molar-refractivity contribution < 1.29 is 5.21 Å². The molecule has 1 fully saturated rings. The number of hydrogen-bond acceptors (Lipinski definition) is 3. The maximum atomic E-state index is 8.25. The lowest BCUT2D eigenvalue weighted by Crippen LogP contribution is -2.25. The summed E-state index contributed by atoms with van der Waals surface area (Å²) in [5.41, 5.74) is 2.15. The maximum absolute atomic E-state index is 8.25. The summed E-state index contributed by atoms with van der Waals surface area (Å²) in [4.78, 5) is 0. The van der Waals surface area contributed by atoms with Crippen LogP contribution in [0.1, 0.15) is 19.3 Å². The van der Waals surface area contributed by atoms with Gasteiger partial charge >= 0.3 is 0 Å². The average molecular weight is 130 g/mol. The van der Waals surface area contributed by atoms with Crippen LogP contribution in [0.3, 0.4) is 0 Å². The first kappa shape index (κ1) is 6.99. The van der Waals surface area contributed by atoms with Crippen LogP contribution in [-0.2, 0) is 0 Å². The van der Waals surface area contributed by atoms with Gasteiger partial charge in [0.25, 0.3) is 0 Å². The van der Waals surface area contributed by atoms with E-state index in [0.717, 1.165) is 13.0 Å². The van der Waals surface area contributed by atoms with E-state index < -0.39 is 0 Å². The Hall–Kier alpha value is -0.120. The Bertz CT molecular complexity index is 71.5. The van der Waals surface area contributed by atoms with Crippen LogP contribution in [0.4, 0.5) is 0 Å². The van der Waals surface area contributed by atoms with Gasteiger partial charge in [0.15, 0.2) is 0 Å². The van der Waals surface area contributed by atoms with Crippen LogP contribution in [0.2, 0.25) is 0 Å². The van der Waals surface area contributed by atoms with E-state index in [1.165, 1.54) is 12.8 Å². The molecule has 0 aromatic heterocycles. The molecule has 1 rings (SSSR count). The Labute approximate surface area is 55.4 Å². The highest BCUT2D eigenvalue weighted by Gasteiger charge is 2.12. The number of rotatable bonds is 3. The molecule has 1 heterocycles. The highest BCUT2D eigenvalue weighted by molar-refractivity contribution is 4.73. The largest absolute Gasteiger partial charge is 0.317 e. The fourth-order valence-electron chi connectivity index (χ4n) is 1.24. The van der Waals surface area contributed by atoms with Gasteiger partial charge in [-0.1, -0.05) is 0 Å². The lowest BCUT2D eigenvalue weighted by Gasteiger charge is -2.07. The minimum absolute atomic E-state index is 0.643. The first-order chi connectivity index (χ1) is 4.43. The molecule has 0 bridgehead atoms. The lowest BCUT2D eigenvalue weighted by atomic mass is 10.2. The molecular weight excluding hydrogens is 116 g/mol. The Morgan fingerprint density at radius 3 is 3.11 bits per heavy atom. The van der Waals surface area contributed by atoms with Gasteiger partial charge in [0.2, 0.25) is 0 Å². The zero-order valence-corrected chi connectivity index (χ0v) is 5.56. The molecule has 0 aromatic carbocycles. The quantitative estimate of drug-likeness (QED) is 0.475. The topological polar surface area (TPSA) is 44.3 Å². The van der Waals surface area contributed by atoms with Gasteiger partial charge < -0.3 is 10.5 Å². The summed E-state index contributed by atoms with van der Waals surface area (Å²) in [5, 5.41) is 11.6. The summed E-state index contributed by atoms with van der Waals surface area (Å²) in [6, 6.07) is 0.643. The van der Waals surface area contributed by atoms with Crippen LogP contribution in [-0.4, -0.2) is 24.3 Å². The van der Waals surface area contributed by atoms with Crippen molar-refractivity contribution in [3.8, 4) is 0 Å². The van der Waals surface area contributed by atoms with Crippen molar-refractivity contribution in [3.63, 3.8) is 0 Å². The van der Waals surface area contributed by atoms with E-state index in [1.807, 2.05) is 0 Å². The zero-order valence-electron chi connectivity index (χ0n) is 5.56. The third-order valence-corrected chi connectivity index (χ3v) is 1.77. The maximum Gasteiger partial charge on any atom is 0.0222 e. The molecule has 0 aromatic rings. The number of hydrogen-bond donors (Lipinski definition) is 3. The van der Waals surface area contributed by atoms with Gasteiger partial charge in [-0.3, -0.25) is 0 Å². The molecule has 0 aliphatic carbocycles. The zero-order chi connectivity index (χ0) is 6.53. The van der Waals surface area contributed by atoms with E-state index in [0.29, 0.717) is 12.6 Å². The first-order valence-electron chi connectivity index (χ1n) is 3.54. The van der Waals surface area contributed by atoms with Gasteiger partial charge in [0.1, 0.15) is 0 Å². The fourth-order valence-corrected chi connectivity index (χ4v) is 1.24. The summed E-state index contributed by atoms with van der Waals surface area (Å²) < 4.78 is 0. The smallest absolute Gasteiger partial charge is 0.0222 e. The molecule has 0 radical (unpaired) electrons. The summed E-state index contributed by atoms with van der Waals surface area (Å²) >= 11 is 0. The normalized spacial score (nSPS) is 27.0. The van der Waals surface area contributed by atoms with Gasteiger partial charge in [-0.15, -0.1) is 0 Å². The fraction of sp³-hybridized carbons (Fsp3) is 1.00. The molecule has 3 N–H and O–H groups in total. The van der Waals surface area contributed by atoms with E-state index in [1.54, 1.807) is 0 Å². The van der Waals surface area contributed by atoms with E-state index >= 15 is 0 Å². The Morgan fingerprint density at radius 1 is 1.67 bits per heavy atom. The van der Waals surface area contributed by atoms with E-state index in [-0.39, 0.29) is 0 Å². The monoisotopic (exact) mass is 130 g/mol. The second-order valence-corrected chi connectivity index (χ2v) is 2.49. The van der Waals surface area contributed by atoms with Crippen LogP contribution in [0.25, 0.3) is 0 Å². The van der Waals surface area contributed by atoms with E-state index in [9.17, 15) is 0 Å². The van der Waals surface area contributed by atoms with Gasteiger partial charge in [-0.25, -0.2) is 5.48 Å². The van der Waals surface area contributed by atoms with Crippen molar-refractivity contribution in [3.05, 3.63) is 0 Å². The third-order valence-electron chi connectivity index (χ3n) is 1.77. The van der Waals surface area contributed by atoms with Crippen LogP contribution in [0.15, 0.2) is 0 Å². The lowest BCUT2D eigenvalue weighted by molar-refractivity contribution is 0.162. The molecule has 1 aliphatic heterocycles. The highest BCUT2D eigenvalue weighted by atomic mass is 16.5. The molecule has 3 heteroatoms. The molecule has 3 nitrogen and oxygen atoms in total. The molecule has 54 valence electrons. The van der Waals surface area contributed by atoms with E-state index in [4.69, 9.17) is 5.21 Å². The minimum Gasteiger partial charge on any atom is -0.317 e. The van der Waals surface area contributed by atoms with E-state index in [2.05, 4.69) is 10.8 Å². The molecule has 0 saturated carbocycles. The molecule has 1 atom stereocenters. The Balaban J connectivity index is 1.98. The summed E-state index contributed by atoms with van der Waals surface area (Å²) in [7, 11) is 0. The Kier molecular flexibility index (Phi) is 2.97. The van der Waals surface area contributed by atoms with Crippen molar-refractivity contribution >= 4 is 0 Å². The summed E-state index contributed by atoms with van der Waals surface area (Å²) in [5.74, 6) is 0. The van der Waals surface area contributed by atoms with Crippen LogP contribution in [0, 0.1) is 0 Å². The van der Waals surface area contributed by atoms with Crippen molar-refractivity contribution in [1.29, 1.82) is 0 Å². The summed E-state index contributed by atoms with van der Waals surface area (Å²) in [6.45, 7) is 1.85. The highest BCUT2D eigenvalue weighted by Crippen LogP contribution is 2.06. The predicted octanol–water partition coefficient (Wildman–Crippen LogP) is 0.107. The Morgan fingerprint density at radius 2 is 2.56 bits per heavy atom. The first-order valence-corrected chi connectivity index (χ1v) is 3.54. The van der Waals surface area contributed by atoms with Gasteiger partial charge in [0, 0.05) is 12.6 Å². The van der Waals surface area contributed by atoms with Gasteiger partial charge in [-0.05, 0) is 25.8 Å². The van der Waals surface area contributed by atoms with Crippen LogP contribution < -0.4 is 10.8 Å². The second kappa shape index (κ2) is 3.82. The van der Waals surface area contributed by atoms with Crippen molar-refractivity contribution in [2.75, 3.05) is 13.1 Å². The van der Waals surface area contributed by atoms with Crippen LogP contribution in [0.5, 0.6) is 0 Å². The minimum atomic E-state index is 0.643.